The zero-order valence-electron chi connectivity index (χ0n) is 4.28. The van der Waals surface area contributed by atoms with E-state index in [4.69, 9.17) is 0 Å². The van der Waals surface area contributed by atoms with Crippen molar-refractivity contribution in [3.8, 4) is 0 Å². The lowest BCUT2D eigenvalue weighted by atomic mass is 11.1. The molecule has 0 fully saturated rings. The zero-order valence-corrected chi connectivity index (χ0v) is 5.10. The lowest BCUT2D eigenvalue weighted by Crippen LogP contribution is -1.42. The molecule has 0 bridgehead atoms. The van der Waals surface area contributed by atoms with Crippen LogP contribution in [0.25, 0.3) is 0 Å². The summed E-state index contributed by atoms with van der Waals surface area (Å²) in [6, 6.07) is 0. The molecule has 0 atom stereocenters. The lowest BCUT2D eigenvalue weighted by molar-refractivity contribution is 0.400. The summed E-state index contributed by atoms with van der Waals surface area (Å²) in [5.74, 6) is 0. The molecule has 0 aromatic carbocycles. The van der Waals surface area contributed by atoms with Crippen molar-refractivity contribution in [1.82, 2.24) is 0 Å². The Bertz CT molecular complexity index is 76.6. The first kappa shape index (κ1) is 15.8. The Balaban J connectivity index is -0.0000000800. The molecule has 0 nitrogen and oxygen atoms in total. The van der Waals surface area contributed by atoms with Crippen molar-refractivity contribution in [3.05, 3.63) is 25.3 Å². The smallest absolute Gasteiger partial charge is 0.216 e. The summed E-state index contributed by atoms with van der Waals surface area (Å²) in [4.78, 5) is 0. The lowest BCUT2D eigenvalue weighted by Gasteiger charge is -1.59. The monoisotopic (exact) mass is 164 g/mol. The van der Waals surface area contributed by atoms with Crippen molar-refractivity contribution in [2.75, 3.05) is 0 Å². The molecular weight excluding hydrogens is 159 g/mol. The van der Waals surface area contributed by atoms with E-state index in [2.05, 4.69) is 6.58 Å². The van der Waals surface area contributed by atoms with Gasteiger partial charge in [0.05, 0.1) is 6.33 Å². The SMILES string of the molecule is C=CF.Cl.FC=C(F)F. The highest BCUT2D eigenvalue weighted by molar-refractivity contribution is 5.85. The maximum Gasteiger partial charge on any atom is 0.298 e. The summed E-state index contributed by atoms with van der Waals surface area (Å²) in [7, 11) is 0. The van der Waals surface area contributed by atoms with E-state index >= 15 is 0 Å². The molecule has 0 aromatic heterocycles. The highest BCUT2D eigenvalue weighted by atomic mass is 35.5. The Labute approximate surface area is 56.3 Å². The van der Waals surface area contributed by atoms with Crippen LogP contribution in [0, 0.1) is 0 Å². The van der Waals surface area contributed by atoms with Gasteiger partial charge in [0.15, 0.2) is 6.33 Å². The van der Waals surface area contributed by atoms with E-state index in [1.54, 1.807) is 0 Å². The second-order valence-electron chi connectivity index (χ2n) is 0.553. The quantitative estimate of drug-likeness (QED) is 0.482. The molecule has 0 aliphatic heterocycles. The van der Waals surface area contributed by atoms with Gasteiger partial charge < -0.3 is 0 Å². The van der Waals surface area contributed by atoms with Crippen LogP contribution >= 0.6 is 12.4 Å². The molecule has 0 saturated heterocycles. The molecule has 0 heterocycles. The first-order valence-electron chi connectivity index (χ1n) is 1.51. The molecule has 0 aliphatic carbocycles. The molecule has 9 heavy (non-hydrogen) atoms. The van der Waals surface area contributed by atoms with Crippen LogP contribution in [0.1, 0.15) is 0 Å². The van der Waals surface area contributed by atoms with Gasteiger partial charge >= 0.3 is 0 Å². The van der Waals surface area contributed by atoms with Crippen LogP contribution in [0.4, 0.5) is 17.6 Å². The van der Waals surface area contributed by atoms with E-state index in [1.807, 2.05) is 0 Å². The predicted octanol–water partition coefficient (Wildman–Crippen LogP) is 3.21. The van der Waals surface area contributed by atoms with Gasteiger partial charge in [0.2, 0.25) is 0 Å². The minimum Gasteiger partial charge on any atom is -0.216 e. The maximum atomic E-state index is 10.2. The van der Waals surface area contributed by atoms with Crippen molar-refractivity contribution in [2.45, 2.75) is 0 Å². The van der Waals surface area contributed by atoms with E-state index in [0.29, 0.717) is 0 Å². The third-order valence-corrected chi connectivity index (χ3v) is 0.0825. The minimum absolute atomic E-state index is 0. The van der Waals surface area contributed by atoms with Crippen LogP contribution in [0.3, 0.4) is 0 Å². The van der Waals surface area contributed by atoms with Crippen molar-refractivity contribution in [1.29, 1.82) is 0 Å². The van der Waals surface area contributed by atoms with Gasteiger partial charge in [-0.1, -0.05) is 6.58 Å². The summed E-state index contributed by atoms with van der Waals surface area (Å²) in [5, 5.41) is 0. The average molecular weight is 165 g/mol. The van der Waals surface area contributed by atoms with E-state index in [1.165, 1.54) is 0 Å². The molecule has 0 radical (unpaired) electrons. The van der Waals surface area contributed by atoms with Crippen LogP contribution < -0.4 is 0 Å². The summed E-state index contributed by atoms with van der Waals surface area (Å²) in [5.41, 5.74) is 0. The van der Waals surface area contributed by atoms with Crippen molar-refractivity contribution >= 4 is 12.4 Å². The summed E-state index contributed by atoms with van der Waals surface area (Å²) < 4.78 is 40.8. The number of halogens is 5. The van der Waals surface area contributed by atoms with E-state index < -0.39 is 12.4 Å². The standard InChI is InChI=1S/C2HF3.C2H3F.ClH/c3-1-2(4)5;1-2-3;/h1H;2H,1H2;1H. The molecule has 56 valence electrons. The molecular formula is C4H5ClF4. The molecule has 0 N–H and O–H groups in total. The second-order valence-corrected chi connectivity index (χ2v) is 0.553. The van der Waals surface area contributed by atoms with Crippen LogP contribution in [0.5, 0.6) is 0 Å². The molecule has 0 amide bonds. The number of hydrogen-bond acceptors (Lipinski definition) is 0. The summed E-state index contributed by atoms with van der Waals surface area (Å²) >= 11 is 0. The van der Waals surface area contributed by atoms with Gasteiger partial charge in [-0.25, -0.2) is 8.78 Å². The third-order valence-electron chi connectivity index (χ3n) is 0.0825. The molecule has 0 aromatic rings. The fourth-order valence-electron chi connectivity index (χ4n) is 0. The van der Waals surface area contributed by atoms with E-state index in [0.717, 1.165) is 0 Å². The van der Waals surface area contributed by atoms with Gasteiger partial charge in [0.1, 0.15) is 0 Å². The first-order valence-corrected chi connectivity index (χ1v) is 1.51. The average Bonchev–Trinajstić information content (AvgIpc) is 1.69. The van der Waals surface area contributed by atoms with Gasteiger partial charge in [-0.2, -0.15) is 8.78 Å². The number of rotatable bonds is 0. The topological polar surface area (TPSA) is 0 Å². The van der Waals surface area contributed by atoms with Gasteiger partial charge in [-0.15, -0.1) is 12.4 Å². The first-order chi connectivity index (χ1) is 3.68. The largest absolute Gasteiger partial charge is 0.298 e. The predicted molar refractivity (Wildman–Crippen MR) is 30.0 cm³/mol. The Morgan fingerprint density at radius 2 is 1.33 bits per heavy atom. The number of hydrogen-bond donors (Lipinski definition) is 0. The summed E-state index contributed by atoms with van der Waals surface area (Å²) in [6.45, 7) is 2.69. The van der Waals surface area contributed by atoms with Crippen LogP contribution in [-0.4, -0.2) is 0 Å². The van der Waals surface area contributed by atoms with Crippen LogP contribution in [-0.2, 0) is 0 Å². The zero-order chi connectivity index (χ0) is 6.99. The van der Waals surface area contributed by atoms with Crippen molar-refractivity contribution in [2.24, 2.45) is 0 Å². The van der Waals surface area contributed by atoms with Gasteiger partial charge in [-0.05, 0) is 0 Å². The molecule has 5 heteroatoms. The van der Waals surface area contributed by atoms with Gasteiger partial charge in [0.25, 0.3) is 6.08 Å². The van der Waals surface area contributed by atoms with Crippen molar-refractivity contribution in [3.63, 3.8) is 0 Å². The Hall–Kier alpha value is -0.510. The highest BCUT2D eigenvalue weighted by Gasteiger charge is 1.78. The Kier molecular flexibility index (Phi) is 27.5. The molecule has 0 unspecified atom stereocenters. The highest BCUT2D eigenvalue weighted by Crippen LogP contribution is 1.93. The van der Waals surface area contributed by atoms with Gasteiger partial charge in [-0.3, -0.25) is 0 Å². The Morgan fingerprint density at radius 3 is 1.33 bits per heavy atom. The molecule has 0 spiro atoms. The normalized spacial score (nSPS) is 5.33. The van der Waals surface area contributed by atoms with Crippen LogP contribution in [0.15, 0.2) is 25.3 Å². The summed E-state index contributed by atoms with van der Waals surface area (Å²) in [6.07, 6.45) is -2.79. The van der Waals surface area contributed by atoms with Gasteiger partial charge in [0, 0.05) is 0 Å². The third kappa shape index (κ3) is 102. The fourth-order valence-corrected chi connectivity index (χ4v) is 0. The molecule has 0 rings (SSSR count). The Morgan fingerprint density at radius 1 is 1.22 bits per heavy atom. The van der Waals surface area contributed by atoms with E-state index in [-0.39, 0.29) is 18.7 Å². The fraction of sp³-hybridized carbons (Fsp3) is 0. The molecule has 0 saturated carbocycles. The second kappa shape index (κ2) is 15.6. The molecule has 0 aliphatic rings. The van der Waals surface area contributed by atoms with Crippen LogP contribution in [0.2, 0.25) is 0 Å². The minimum atomic E-state index is -2.29. The maximum absolute atomic E-state index is 10.2. The van der Waals surface area contributed by atoms with Crippen molar-refractivity contribution < 1.29 is 17.6 Å². The van der Waals surface area contributed by atoms with E-state index in [9.17, 15) is 17.6 Å².